The third-order valence-corrected chi connectivity index (χ3v) is 11.4. The average molecular weight is 811 g/mol. The monoisotopic (exact) mass is 810 g/mol. The van der Waals surface area contributed by atoms with Gasteiger partial charge in [-0.05, 0) is 82.2 Å². The molecule has 0 aliphatic rings. The van der Waals surface area contributed by atoms with Crippen molar-refractivity contribution in [3.05, 3.63) is 216 Å². The van der Waals surface area contributed by atoms with Gasteiger partial charge in [-0.1, -0.05) is 109 Å². The molecule has 0 aliphatic heterocycles. The highest BCUT2D eigenvalue weighted by atomic mass is 19.1. The fourth-order valence-corrected chi connectivity index (χ4v) is 8.59. The molecule has 294 valence electrons. The van der Waals surface area contributed by atoms with Gasteiger partial charge in [0.1, 0.15) is 23.3 Å². The minimum atomic E-state index is -0.799. The molecule has 8 heteroatoms. The molecule has 4 nitrogen and oxygen atoms in total. The maximum Gasteiger partial charge on any atom is 0.150 e. The van der Waals surface area contributed by atoms with Crippen molar-refractivity contribution < 1.29 is 17.6 Å². The van der Waals surface area contributed by atoms with Gasteiger partial charge in [0.05, 0.1) is 46.0 Å². The summed E-state index contributed by atoms with van der Waals surface area (Å²) in [5.41, 5.74) is 3.94. The van der Waals surface area contributed by atoms with E-state index in [1.807, 2.05) is 109 Å². The molecule has 10 rings (SSSR count). The van der Waals surface area contributed by atoms with E-state index < -0.39 is 23.3 Å². The fourth-order valence-electron chi connectivity index (χ4n) is 8.59. The predicted octanol–water partition coefficient (Wildman–Crippen LogP) is 15.2. The van der Waals surface area contributed by atoms with Crippen molar-refractivity contribution in [1.82, 2.24) is 0 Å². The number of rotatable bonds is 8. The number of hydrogen-bond acceptors (Lipinski definition) is 4. The lowest BCUT2D eigenvalue weighted by atomic mass is 9.91. The summed E-state index contributed by atoms with van der Waals surface area (Å²) in [5, 5.41) is 24.8. The molecule has 0 radical (unpaired) electrons. The smallest absolute Gasteiger partial charge is 0.150 e. The topological polar surface area (TPSA) is 54.1 Å². The first kappa shape index (κ1) is 37.8. The van der Waals surface area contributed by atoms with Crippen LogP contribution in [0.1, 0.15) is 11.1 Å². The summed E-state index contributed by atoms with van der Waals surface area (Å²) in [6, 6.07) is 56.3. The van der Waals surface area contributed by atoms with Crippen molar-refractivity contribution in [2.45, 2.75) is 0 Å². The van der Waals surface area contributed by atoms with Crippen LogP contribution in [0.25, 0.3) is 54.6 Å². The first-order valence-corrected chi connectivity index (χ1v) is 19.7. The van der Waals surface area contributed by atoms with Gasteiger partial charge in [-0.2, -0.15) is 10.5 Å². The molecule has 10 aromatic carbocycles. The highest BCUT2D eigenvalue weighted by Gasteiger charge is 2.26. The lowest BCUT2D eigenvalue weighted by Crippen LogP contribution is -2.14. The van der Waals surface area contributed by atoms with Crippen LogP contribution in [0.3, 0.4) is 0 Å². The van der Waals surface area contributed by atoms with Gasteiger partial charge in [0.2, 0.25) is 0 Å². The SMILES string of the molecule is N#Cc1ccccc1-c1cc(N(c2ccccc2)c2ccc3ccc4c(N(c5ccccc5)c5cc(-c6ccccc6C#N)c(F)cc5F)ccc5ccc2c3c54)c(F)cc1F. The second kappa shape index (κ2) is 15.3. The quantitative estimate of drug-likeness (QED) is 0.113. The van der Waals surface area contributed by atoms with Crippen molar-refractivity contribution >= 4 is 66.4 Å². The van der Waals surface area contributed by atoms with Crippen molar-refractivity contribution in [2.24, 2.45) is 0 Å². The Hall–Kier alpha value is -8.46. The van der Waals surface area contributed by atoms with Gasteiger partial charge in [0, 0.05) is 56.5 Å². The number of halogens is 4. The van der Waals surface area contributed by atoms with E-state index in [0.717, 1.165) is 44.5 Å². The molecule has 0 saturated heterocycles. The Morgan fingerprint density at radius 1 is 0.339 bits per heavy atom. The van der Waals surface area contributed by atoms with E-state index in [2.05, 4.69) is 12.1 Å². The second-order valence-electron chi connectivity index (χ2n) is 14.8. The fraction of sp³-hybridized carbons (Fsp3) is 0. The second-order valence-corrected chi connectivity index (χ2v) is 14.8. The van der Waals surface area contributed by atoms with Crippen LogP contribution in [0, 0.1) is 45.9 Å². The summed E-state index contributed by atoms with van der Waals surface area (Å²) in [4.78, 5) is 3.51. The summed E-state index contributed by atoms with van der Waals surface area (Å²) in [6.07, 6.45) is 0. The molecule has 0 aromatic heterocycles. The standard InChI is InChI=1S/C54H30F4N4/c55-45-29-47(57)51(27-43(45)39-17-9-7-11-35(39)31-59)61(37-13-3-1-4-14-37)49-25-21-33-20-24-42-50(26-22-34-19-23-41(49)53(33)54(34)42)62(38-15-5-2-6-16-38)52-28-44(46(56)30-48(52)58)40-18-10-8-12-36(40)32-60/h1-30H. The zero-order valence-electron chi connectivity index (χ0n) is 32.6. The summed E-state index contributed by atoms with van der Waals surface area (Å²) in [5.74, 6) is -3.19. The number of benzene rings is 10. The molecular formula is C54H30F4N4. The minimum Gasteiger partial charge on any atom is -0.307 e. The highest BCUT2D eigenvalue weighted by Crippen LogP contribution is 2.49. The van der Waals surface area contributed by atoms with Crippen LogP contribution in [0.4, 0.5) is 51.7 Å². The zero-order chi connectivity index (χ0) is 42.5. The van der Waals surface area contributed by atoms with E-state index in [4.69, 9.17) is 0 Å². The molecule has 0 amide bonds. The first-order chi connectivity index (χ1) is 30.3. The molecule has 0 unspecified atom stereocenters. The molecule has 0 heterocycles. The van der Waals surface area contributed by atoms with Gasteiger partial charge in [0.15, 0.2) is 0 Å². The summed E-state index contributed by atoms with van der Waals surface area (Å²) >= 11 is 0. The maximum absolute atomic E-state index is 16.4. The Labute approximate surface area is 353 Å². The molecule has 0 saturated carbocycles. The maximum atomic E-state index is 16.4. The molecular weight excluding hydrogens is 781 g/mol. The van der Waals surface area contributed by atoms with E-state index in [0.29, 0.717) is 33.9 Å². The normalized spacial score (nSPS) is 11.2. The van der Waals surface area contributed by atoms with Gasteiger partial charge in [0.25, 0.3) is 0 Å². The third-order valence-electron chi connectivity index (χ3n) is 11.4. The Kier molecular flexibility index (Phi) is 9.32. The molecule has 62 heavy (non-hydrogen) atoms. The Morgan fingerprint density at radius 2 is 0.710 bits per heavy atom. The van der Waals surface area contributed by atoms with Gasteiger partial charge >= 0.3 is 0 Å². The largest absolute Gasteiger partial charge is 0.307 e. The molecule has 0 fully saturated rings. The molecule has 0 bridgehead atoms. The number of anilines is 6. The lowest BCUT2D eigenvalue weighted by Gasteiger charge is -2.30. The third kappa shape index (κ3) is 6.22. The van der Waals surface area contributed by atoms with Crippen molar-refractivity contribution in [3.63, 3.8) is 0 Å². The average Bonchev–Trinajstić information content (AvgIpc) is 3.31. The molecule has 10 aromatic rings. The minimum absolute atomic E-state index is 0.0758. The zero-order valence-corrected chi connectivity index (χ0v) is 32.6. The molecule has 0 N–H and O–H groups in total. The summed E-state index contributed by atoms with van der Waals surface area (Å²) in [7, 11) is 0. The van der Waals surface area contributed by atoms with Gasteiger partial charge in [-0.25, -0.2) is 17.6 Å². The van der Waals surface area contributed by atoms with E-state index in [-0.39, 0.29) is 33.6 Å². The first-order valence-electron chi connectivity index (χ1n) is 19.7. The van der Waals surface area contributed by atoms with Crippen LogP contribution >= 0.6 is 0 Å². The van der Waals surface area contributed by atoms with Crippen LogP contribution in [0.2, 0.25) is 0 Å². The van der Waals surface area contributed by atoms with E-state index >= 15 is 17.6 Å². The summed E-state index contributed by atoms with van der Waals surface area (Å²) in [6.45, 7) is 0. The highest BCUT2D eigenvalue weighted by molar-refractivity contribution is 6.28. The van der Waals surface area contributed by atoms with Crippen molar-refractivity contribution in [2.75, 3.05) is 9.80 Å². The Bertz CT molecular complexity index is 3220. The number of hydrogen-bond donors (Lipinski definition) is 0. The van der Waals surface area contributed by atoms with Gasteiger partial charge in [-0.3, -0.25) is 0 Å². The van der Waals surface area contributed by atoms with E-state index in [1.165, 1.54) is 12.1 Å². The van der Waals surface area contributed by atoms with Crippen LogP contribution < -0.4 is 9.80 Å². The summed E-state index contributed by atoms with van der Waals surface area (Å²) < 4.78 is 64.3. The van der Waals surface area contributed by atoms with Gasteiger partial charge in [-0.15, -0.1) is 0 Å². The lowest BCUT2D eigenvalue weighted by molar-refractivity contribution is 0.586. The van der Waals surface area contributed by atoms with Crippen LogP contribution in [-0.4, -0.2) is 0 Å². The van der Waals surface area contributed by atoms with Crippen molar-refractivity contribution in [3.8, 4) is 34.4 Å². The van der Waals surface area contributed by atoms with Crippen LogP contribution in [-0.2, 0) is 0 Å². The molecule has 0 spiro atoms. The van der Waals surface area contributed by atoms with Gasteiger partial charge < -0.3 is 9.80 Å². The van der Waals surface area contributed by atoms with Crippen LogP contribution in [0.15, 0.2) is 182 Å². The number of nitriles is 2. The molecule has 0 atom stereocenters. The molecule has 0 aliphatic carbocycles. The Morgan fingerprint density at radius 3 is 1.11 bits per heavy atom. The van der Waals surface area contributed by atoms with Crippen molar-refractivity contribution in [1.29, 1.82) is 10.5 Å². The van der Waals surface area contributed by atoms with E-state index in [9.17, 15) is 10.5 Å². The van der Waals surface area contributed by atoms with E-state index in [1.54, 1.807) is 58.3 Å². The number of nitrogens with zero attached hydrogens (tertiary/aromatic N) is 4. The predicted molar refractivity (Wildman–Crippen MR) is 240 cm³/mol. The number of para-hydroxylation sites is 2. The van der Waals surface area contributed by atoms with Crippen LogP contribution in [0.5, 0.6) is 0 Å². The Balaban J connectivity index is 1.22.